The van der Waals surface area contributed by atoms with Gasteiger partial charge in [0.15, 0.2) is 0 Å². The van der Waals surface area contributed by atoms with Crippen LogP contribution in [0.5, 0.6) is 0 Å². The molecule has 5 heteroatoms. The molecule has 0 bridgehead atoms. The first kappa shape index (κ1) is 14.7. The van der Waals surface area contributed by atoms with Crippen molar-refractivity contribution in [2.24, 2.45) is 0 Å². The van der Waals surface area contributed by atoms with Crippen molar-refractivity contribution in [2.45, 2.75) is 0 Å². The van der Waals surface area contributed by atoms with E-state index in [2.05, 4.69) is 10.3 Å². The highest BCUT2D eigenvalue weighted by molar-refractivity contribution is 7.98. The SMILES string of the molecule is CNc1ncc(C(=O)N(C)CCSC)c2ccccc12. The molecule has 106 valence electrons. The van der Waals surface area contributed by atoms with Gasteiger partial charge >= 0.3 is 0 Å². The van der Waals surface area contributed by atoms with Crippen LogP contribution in [0, 0.1) is 0 Å². The van der Waals surface area contributed by atoms with Gasteiger partial charge in [-0.3, -0.25) is 4.79 Å². The second-order valence-corrected chi connectivity index (χ2v) is 5.52. The number of anilines is 1. The maximum Gasteiger partial charge on any atom is 0.255 e. The zero-order valence-corrected chi connectivity index (χ0v) is 12.8. The third-order valence-electron chi connectivity index (χ3n) is 3.24. The number of hydrogen-bond donors (Lipinski definition) is 1. The highest BCUT2D eigenvalue weighted by atomic mass is 32.2. The molecule has 0 unspecified atom stereocenters. The van der Waals surface area contributed by atoms with Gasteiger partial charge in [0.1, 0.15) is 5.82 Å². The average Bonchev–Trinajstić information content (AvgIpc) is 2.50. The molecule has 0 aliphatic rings. The van der Waals surface area contributed by atoms with Crippen molar-refractivity contribution in [3.8, 4) is 0 Å². The molecule has 0 aliphatic carbocycles. The Morgan fingerprint density at radius 2 is 2.05 bits per heavy atom. The summed E-state index contributed by atoms with van der Waals surface area (Å²) in [7, 11) is 3.67. The van der Waals surface area contributed by atoms with E-state index < -0.39 is 0 Å². The number of fused-ring (bicyclic) bond motifs is 1. The Bertz CT molecular complexity index is 615. The first-order valence-corrected chi connectivity index (χ1v) is 7.88. The molecule has 1 heterocycles. The van der Waals surface area contributed by atoms with Gasteiger partial charge in [-0.05, 0) is 11.6 Å². The first-order valence-electron chi connectivity index (χ1n) is 6.49. The molecule has 1 aromatic carbocycles. The van der Waals surface area contributed by atoms with Crippen molar-refractivity contribution in [3.05, 3.63) is 36.0 Å². The molecule has 1 aromatic heterocycles. The van der Waals surface area contributed by atoms with E-state index in [1.165, 1.54) is 0 Å². The third kappa shape index (κ3) is 2.88. The van der Waals surface area contributed by atoms with Crippen molar-refractivity contribution in [2.75, 3.05) is 38.0 Å². The number of thioether (sulfide) groups is 1. The lowest BCUT2D eigenvalue weighted by atomic mass is 10.1. The molecule has 0 spiro atoms. The average molecular weight is 289 g/mol. The van der Waals surface area contributed by atoms with Crippen LogP contribution >= 0.6 is 11.8 Å². The van der Waals surface area contributed by atoms with Crippen molar-refractivity contribution in [1.82, 2.24) is 9.88 Å². The highest BCUT2D eigenvalue weighted by Crippen LogP contribution is 2.24. The van der Waals surface area contributed by atoms with Gasteiger partial charge in [0.25, 0.3) is 5.91 Å². The van der Waals surface area contributed by atoms with Gasteiger partial charge in [-0.1, -0.05) is 24.3 Å². The van der Waals surface area contributed by atoms with Crippen molar-refractivity contribution < 1.29 is 4.79 Å². The highest BCUT2D eigenvalue weighted by Gasteiger charge is 2.16. The van der Waals surface area contributed by atoms with Crippen molar-refractivity contribution in [3.63, 3.8) is 0 Å². The number of pyridine rings is 1. The molecule has 20 heavy (non-hydrogen) atoms. The Kier molecular flexibility index (Phi) is 4.84. The zero-order valence-electron chi connectivity index (χ0n) is 12.0. The zero-order chi connectivity index (χ0) is 14.5. The number of aromatic nitrogens is 1. The Labute approximate surface area is 123 Å². The van der Waals surface area contributed by atoms with Gasteiger partial charge in [-0.25, -0.2) is 4.98 Å². The smallest absolute Gasteiger partial charge is 0.255 e. The summed E-state index contributed by atoms with van der Waals surface area (Å²) in [5.74, 6) is 1.75. The summed E-state index contributed by atoms with van der Waals surface area (Å²) in [5, 5.41) is 4.97. The van der Waals surface area contributed by atoms with E-state index in [9.17, 15) is 4.79 Å². The number of benzene rings is 1. The van der Waals surface area contributed by atoms with Gasteiger partial charge in [0.2, 0.25) is 0 Å². The molecule has 0 atom stereocenters. The predicted molar refractivity (Wildman–Crippen MR) is 86.6 cm³/mol. The van der Waals surface area contributed by atoms with Gasteiger partial charge in [-0.15, -0.1) is 0 Å². The van der Waals surface area contributed by atoms with Crippen LogP contribution in [0.4, 0.5) is 5.82 Å². The summed E-state index contributed by atoms with van der Waals surface area (Å²) in [4.78, 5) is 18.6. The normalized spacial score (nSPS) is 10.6. The molecule has 1 N–H and O–H groups in total. The van der Waals surface area contributed by atoms with Gasteiger partial charge in [0.05, 0.1) is 5.56 Å². The molecule has 0 aliphatic heterocycles. The van der Waals surface area contributed by atoms with E-state index >= 15 is 0 Å². The Hall–Kier alpha value is -1.75. The topological polar surface area (TPSA) is 45.2 Å². The van der Waals surface area contributed by atoms with Gasteiger partial charge in [0, 0.05) is 38.0 Å². The number of nitrogens with one attached hydrogen (secondary N) is 1. The van der Waals surface area contributed by atoms with Crippen LogP contribution in [0.1, 0.15) is 10.4 Å². The van der Waals surface area contributed by atoms with Gasteiger partial charge in [-0.2, -0.15) is 11.8 Å². The number of amides is 1. The monoisotopic (exact) mass is 289 g/mol. The molecule has 0 saturated heterocycles. The number of carbonyl (C=O) groups is 1. The van der Waals surface area contributed by atoms with Crippen LogP contribution in [0.15, 0.2) is 30.5 Å². The van der Waals surface area contributed by atoms with Crippen LogP contribution in [-0.4, -0.2) is 48.4 Å². The standard InChI is InChI=1S/C15H19N3OS/c1-16-14-12-7-5-4-6-11(12)13(10-17-14)15(19)18(2)8-9-20-3/h4-7,10H,8-9H2,1-3H3,(H,16,17). The minimum absolute atomic E-state index is 0.0189. The maximum absolute atomic E-state index is 12.5. The van der Waals surface area contributed by atoms with E-state index in [4.69, 9.17) is 0 Å². The summed E-state index contributed by atoms with van der Waals surface area (Å²) >= 11 is 1.73. The quantitative estimate of drug-likeness (QED) is 0.919. The van der Waals surface area contributed by atoms with E-state index in [0.29, 0.717) is 5.56 Å². The molecule has 0 saturated carbocycles. The van der Waals surface area contributed by atoms with Crippen LogP contribution in [0.2, 0.25) is 0 Å². The predicted octanol–water partition coefficient (Wildman–Crippen LogP) is 2.71. The second kappa shape index (κ2) is 6.61. The molecule has 1 amide bonds. The summed E-state index contributed by atoms with van der Waals surface area (Å²) in [6.45, 7) is 0.738. The van der Waals surface area contributed by atoms with Crippen LogP contribution < -0.4 is 5.32 Å². The molecule has 0 radical (unpaired) electrons. The fraction of sp³-hybridized carbons (Fsp3) is 0.333. The molecule has 2 rings (SSSR count). The van der Waals surface area contributed by atoms with Crippen LogP contribution in [0.25, 0.3) is 10.8 Å². The van der Waals surface area contributed by atoms with Crippen molar-refractivity contribution >= 4 is 34.3 Å². The molecule has 0 fully saturated rings. The molecular weight excluding hydrogens is 270 g/mol. The minimum Gasteiger partial charge on any atom is -0.373 e. The second-order valence-electron chi connectivity index (χ2n) is 4.54. The largest absolute Gasteiger partial charge is 0.373 e. The van der Waals surface area contributed by atoms with E-state index in [1.54, 1.807) is 22.9 Å². The first-order chi connectivity index (χ1) is 9.69. The number of rotatable bonds is 5. The molecular formula is C15H19N3OS. The number of carbonyl (C=O) groups excluding carboxylic acids is 1. The third-order valence-corrected chi connectivity index (χ3v) is 3.83. The van der Waals surface area contributed by atoms with E-state index in [1.807, 2.05) is 44.6 Å². The van der Waals surface area contributed by atoms with E-state index in [-0.39, 0.29) is 5.91 Å². The summed E-state index contributed by atoms with van der Waals surface area (Å²) < 4.78 is 0. The van der Waals surface area contributed by atoms with Crippen LogP contribution in [0.3, 0.4) is 0 Å². The van der Waals surface area contributed by atoms with Crippen LogP contribution in [-0.2, 0) is 0 Å². The Morgan fingerprint density at radius 3 is 2.70 bits per heavy atom. The Morgan fingerprint density at radius 1 is 1.35 bits per heavy atom. The summed E-state index contributed by atoms with van der Waals surface area (Å²) in [5.41, 5.74) is 0.656. The maximum atomic E-state index is 12.5. The van der Waals surface area contributed by atoms with Gasteiger partial charge < -0.3 is 10.2 Å². The Balaban J connectivity index is 2.42. The minimum atomic E-state index is 0.0189. The van der Waals surface area contributed by atoms with E-state index in [0.717, 1.165) is 28.9 Å². The number of hydrogen-bond acceptors (Lipinski definition) is 4. The number of nitrogens with zero attached hydrogens (tertiary/aromatic N) is 2. The molecule has 4 nitrogen and oxygen atoms in total. The lowest BCUT2D eigenvalue weighted by Gasteiger charge is -2.18. The lowest BCUT2D eigenvalue weighted by molar-refractivity contribution is 0.0805. The van der Waals surface area contributed by atoms with Crippen molar-refractivity contribution in [1.29, 1.82) is 0 Å². The summed E-state index contributed by atoms with van der Waals surface area (Å²) in [6.07, 6.45) is 3.70. The lowest BCUT2D eigenvalue weighted by Crippen LogP contribution is -2.29. The molecule has 2 aromatic rings. The summed E-state index contributed by atoms with van der Waals surface area (Å²) in [6, 6.07) is 7.84. The fourth-order valence-electron chi connectivity index (χ4n) is 2.10. The fourth-order valence-corrected chi connectivity index (χ4v) is 2.55.